The fourth-order valence-corrected chi connectivity index (χ4v) is 5.13. The average molecular weight is 481 g/mol. The van der Waals surface area contributed by atoms with Gasteiger partial charge in [-0.05, 0) is 6.07 Å². The van der Waals surface area contributed by atoms with Crippen LogP contribution >= 0.6 is 0 Å². The third kappa shape index (κ3) is 3.79. The van der Waals surface area contributed by atoms with Crippen molar-refractivity contribution in [3.8, 4) is 11.3 Å². The van der Waals surface area contributed by atoms with Crippen LogP contribution in [0.25, 0.3) is 27.8 Å². The number of nitrogens with zero attached hydrogens (tertiary/aromatic N) is 7. The highest BCUT2D eigenvalue weighted by molar-refractivity contribution is 7.71. The highest BCUT2D eigenvalue weighted by Gasteiger charge is 2.24. The molecule has 11 nitrogen and oxygen atoms in total. The molecule has 2 fully saturated rings. The van der Waals surface area contributed by atoms with E-state index in [9.17, 15) is 8.42 Å². The van der Waals surface area contributed by atoms with Crippen LogP contribution in [0.2, 0.25) is 0 Å². The molecule has 5 heterocycles. The van der Waals surface area contributed by atoms with Crippen molar-refractivity contribution in [2.45, 2.75) is 0 Å². The zero-order valence-corrected chi connectivity index (χ0v) is 19.3. The lowest BCUT2D eigenvalue weighted by molar-refractivity contribution is 0.122. The molecule has 12 heteroatoms. The van der Waals surface area contributed by atoms with Crippen molar-refractivity contribution in [2.75, 3.05) is 62.3 Å². The minimum Gasteiger partial charge on any atom is -0.378 e. The largest absolute Gasteiger partial charge is 0.378 e. The van der Waals surface area contributed by atoms with Crippen LogP contribution in [0.5, 0.6) is 0 Å². The minimum absolute atomic E-state index is 0.629. The number of hydrogen-bond donors (Lipinski definition) is 1. The van der Waals surface area contributed by atoms with E-state index in [0.29, 0.717) is 39.4 Å². The number of morpholine rings is 1. The summed E-state index contributed by atoms with van der Waals surface area (Å²) in [5.74, 6) is 1.80. The van der Waals surface area contributed by atoms with Gasteiger partial charge in [0, 0.05) is 56.4 Å². The topological polar surface area (TPSA) is 112 Å². The summed E-state index contributed by atoms with van der Waals surface area (Å²) in [5, 5.41) is 8.26. The summed E-state index contributed by atoms with van der Waals surface area (Å²) >= 11 is 0. The lowest BCUT2D eigenvalue weighted by atomic mass is 10.1. The highest BCUT2D eigenvalue weighted by Crippen LogP contribution is 2.32. The van der Waals surface area contributed by atoms with Gasteiger partial charge in [-0.2, -0.15) is 13.5 Å². The molecule has 1 aromatic carbocycles. The first kappa shape index (κ1) is 21.1. The maximum atomic E-state index is 11.0. The summed E-state index contributed by atoms with van der Waals surface area (Å²) < 4.78 is 29.7. The smallest absolute Gasteiger partial charge is 0.225 e. The number of imidazole rings is 1. The van der Waals surface area contributed by atoms with Crippen molar-refractivity contribution >= 4 is 44.0 Å². The normalized spacial score (nSPS) is 17.5. The Hall–Kier alpha value is -3.48. The second-order valence-corrected chi connectivity index (χ2v) is 9.12. The number of aromatic nitrogens is 5. The van der Waals surface area contributed by atoms with E-state index in [4.69, 9.17) is 14.7 Å². The van der Waals surface area contributed by atoms with Gasteiger partial charge in [0.05, 0.1) is 36.8 Å². The maximum Gasteiger partial charge on any atom is 0.225 e. The first-order valence-electron chi connectivity index (χ1n) is 11.2. The van der Waals surface area contributed by atoms with Crippen molar-refractivity contribution < 1.29 is 13.2 Å². The lowest BCUT2D eigenvalue weighted by Gasteiger charge is -2.33. The Balaban J connectivity index is 1.46. The Morgan fingerprint density at radius 1 is 1.00 bits per heavy atom. The Morgan fingerprint density at radius 3 is 2.62 bits per heavy atom. The van der Waals surface area contributed by atoms with Gasteiger partial charge in [-0.15, -0.1) is 0 Å². The summed E-state index contributed by atoms with van der Waals surface area (Å²) in [6.07, 6.45) is 5.75. The highest BCUT2D eigenvalue weighted by atomic mass is 32.2. The van der Waals surface area contributed by atoms with Crippen molar-refractivity contribution in [1.29, 1.82) is 0 Å². The van der Waals surface area contributed by atoms with Gasteiger partial charge in [0.1, 0.15) is 11.3 Å². The number of piperazine rings is 1. The lowest BCUT2D eigenvalue weighted by Crippen LogP contribution is -2.46. The second-order valence-electron chi connectivity index (χ2n) is 8.38. The Bertz CT molecular complexity index is 1470. The number of rotatable bonds is 4. The molecule has 3 aromatic heterocycles. The van der Waals surface area contributed by atoms with E-state index in [1.165, 1.54) is 5.49 Å². The van der Waals surface area contributed by atoms with Gasteiger partial charge >= 0.3 is 0 Å². The first-order valence-corrected chi connectivity index (χ1v) is 12.4. The molecule has 6 rings (SSSR count). The number of ether oxygens (including phenoxy) is 1. The van der Waals surface area contributed by atoms with Gasteiger partial charge in [0.25, 0.3) is 0 Å². The van der Waals surface area contributed by atoms with E-state index in [2.05, 4.69) is 30.5 Å². The van der Waals surface area contributed by atoms with E-state index in [1.807, 2.05) is 35.6 Å². The monoisotopic (exact) mass is 480 g/mol. The van der Waals surface area contributed by atoms with Gasteiger partial charge in [-0.1, -0.05) is 12.1 Å². The third-order valence-electron chi connectivity index (χ3n) is 6.40. The first-order chi connectivity index (χ1) is 16.7. The van der Waals surface area contributed by atoms with E-state index in [0.717, 1.165) is 52.5 Å². The van der Waals surface area contributed by atoms with E-state index in [1.54, 1.807) is 0 Å². The number of nitrogens with one attached hydrogen (secondary N) is 1. The zero-order valence-electron chi connectivity index (χ0n) is 18.5. The van der Waals surface area contributed by atoms with Crippen LogP contribution in [0.3, 0.4) is 0 Å². The van der Waals surface area contributed by atoms with Crippen LogP contribution in [-0.4, -0.2) is 95.9 Å². The maximum absolute atomic E-state index is 11.0. The SMILES string of the molecule is O=S(=O)=CN1CCN(c2cnc3c(N4CCOCC4)nc(-c4cccc5[nH]ncc45)cn23)CC1. The van der Waals surface area contributed by atoms with Crippen molar-refractivity contribution in [3.05, 3.63) is 36.8 Å². The molecule has 4 aromatic rings. The summed E-state index contributed by atoms with van der Waals surface area (Å²) in [5.41, 5.74) is 4.86. The summed E-state index contributed by atoms with van der Waals surface area (Å²) in [4.78, 5) is 16.1. The third-order valence-corrected chi connectivity index (χ3v) is 6.87. The van der Waals surface area contributed by atoms with Gasteiger partial charge < -0.3 is 14.5 Å². The molecule has 2 aliphatic rings. The molecule has 34 heavy (non-hydrogen) atoms. The average Bonchev–Trinajstić information content (AvgIpc) is 3.51. The van der Waals surface area contributed by atoms with Crippen LogP contribution in [-0.2, 0) is 15.0 Å². The molecule has 1 N–H and O–H groups in total. The Kier molecular flexibility index (Phi) is 5.40. The molecular formula is C22H24N8O3S. The van der Waals surface area contributed by atoms with Crippen molar-refractivity contribution in [2.24, 2.45) is 0 Å². The van der Waals surface area contributed by atoms with Gasteiger partial charge in [0.2, 0.25) is 10.3 Å². The molecule has 0 radical (unpaired) electrons. The van der Waals surface area contributed by atoms with E-state index < -0.39 is 10.3 Å². The second kappa shape index (κ2) is 8.70. The number of aromatic amines is 1. The molecular weight excluding hydrogens is 456 g/mol. The predicted molar refractivity (Wildman–Crippen MR) is 130 cm³/mol. The molecule has 0 bridgehead atoms. The molecule has 0 saturated carbocycles. The molecule has 0 unspecified atom stereocenters. The van der Waals surface area contributed by atoms with Crippen LogP contribution in [0.4, 0.5) is 11.6 Å². The number of benzene rings is 1. The predicted octanol–water partition coefficient (Wildman–Crippen LogP) is 0.870. The van der Waals surface area contributed by atoms with Crippen LogP contribution < -0.4 is 9.80 Å². The quantitative estimate of drug-likeness (QED) is 0.425. The molecule has 2 aliphatic heterocycles. The fraction of sp³-hybridized carbons (Fsp3) is 0.364. The van der Waals surface area contributed by atoms with Crippen LogP contribution in [0, 0.1) is 0 Å². The number of fused-ring (bicyclic) bond motifs is 2. The summed E-state index contributed by atoms with van der Waals surface area (Å²) in [7, 11) is -2.19. The van der Waals surface area contributed by atoms with Gasteiger partial charge in [-0.25, -0.2) is 9.97 Å². The Morgan fingerprint density at radius 2 is 1.82 bits per heavy atom. The molecule has 0 amide bonds. The standard InChI is InChI=1S/C22H24N8O3S/c31-34(32)15-27-4-6-28(7-5-27)20-13-23-21-22(29-8-10-33-11-9-29)25-19(14-30(20)21)16-2-1-3-18-17(16)12-24-26-18/h1-3,12-15H,4-11H2,(H,24,26). The number of anilines is 2. The molecule has 2 saturated heterocycles. The zero-order chi connectivity index (χ0) is 23.1. The van der Waals surface area contributed by atoms with E-state index >= 15 is 0 Å². The van der Waals surface area contributed by atoms with Crippen molar-refractivity contribution in [1.82, 2.24) is 29.5 Å². The van der Waals surface area contributed by atoms with Crippen LogP contribution in [0.15, 0.2) is 36.8 Å². The summed E-state index contributed by atoms with van der Waals surface area (Å²) in [6.45, 7) is 5.47. The number of H-pyrrole nitrogens is 1. The molecule has 0 atom stereocenters. The molecule has 176 valence electrons. The van der Waals surface area contributed by atoms with Gasteiger partial charge in [0.15, 0.2) is 11.5 Å². The summed E-state index contributed by atoms with van der Waals surface area (Å²) in [6, 6.07) is 6.06. The number of hydrogen-bond acceptors (Lipinski definition) is 8. The molecule has 0 spiro atoms. The fourth-order valence-electron chi connectivity index (χ4n) is 4.68. The minimum atomic E-state index is -2.19. The molecule has 0 aliphatic carbocycles. The van der Waals surface area contributed by atoms with Crippen molar-refractivity contribution in [3.63, 3.8) is 0 Å². The van der Waals surface area contributed by atoms with E-state index in [-0.39, 0.29) is 0 Å². The van der Waals surface area contributed by atoms with Gasteiger partial charge in [-0.3, -0.25) is 14.4 Å². The van der Waals surface area contributed by atoms with Crippen LogP contribution in [0.1, 0.15) is 0 Å². The Labute approximate surface area is 197 Å².